The molecule has 10 unspecified atom stereocenters. The highest BCUT2D eigenvalue weighted by Gasteiger charge is 2.58. The topological polar surface area (TPSA) is 449 Å². The molecule has 0 aromatic carbocycles. The molecule has 5 saturated heterocycles. The van der Waals surface area contributed by atoms with Crippen molar-refractivity contribution in [2.75, 3.05) is 126 Å². The van der Waals surface area contributed by atoms with Gasteiger partial charge in [0.05, 0.1) is 150 Å². The van der Waals surface area contributed by atoms with Crippen LogP contribution in [0, 0.1) is 11.8 Å². The Kier molecular flexibility index (Phi) is 33.8. The molecule has 5 rings (SSSR count). The molecule has 14 N–H and O–H groups in total. The third-order valence-electron chi connectivity index (χ3n) is 14.5. The number of hydrogen-bond acceptors (Lipinski definition) is 32. The van der Waals surface area contributed by atoms with Gasteiger partial charge < -0.3 is 157 Å². The van der Waals surface area contributed by atoms with E-state index in [2.05, 4.69) is 0 Å². The largest absolute Gasteiger partial charge is 0.394 e. The second-order valence-electron chi connectivity index (χ2n) is 21.8. The summed E-state index contributed by atoms with van der Waals surface area (Å²) in [4.78, 5) is 0. The first-order valence-corrected chi connectivity index (χ1v) is 29.2. The summed E-state index contributed by atoms with van der Waals surface area (Å²) in [5, 5.41) is 151. The lowest BCUT2D eigenvalue weighted by atomic mass is 9.81. The number of hydrogen-bond donors (Lipinski definition) is 14. The van der Waals surface area contributed by atoms with Crippen LogP contribution in [0.3, 0.4) is 0 Å². The molecule has 5 heterocycles. The molecule has 0 aromatic rings. The van der Waals surface area contributed by atoms with Crippen LogP contribution in [0.25, 0.3) is 0 Å². The van der Waals surface area contributed by atoms with Crippen molar-refractivity contribution in [1.29, 1.82) is 0 Å². The number of aliphatic hydroxyl groups is 14. The number of ether oxygens (including phenoxy) is 18. The lowest BCUT2D eigenvalue weighted by Crippen LogP contribution is -2.68. The predicted octanol–water partition coefficient (Wildman–Crippen LogP) is -7.03. The zero-order valence-electron chi connectivity index (χ0n) is 49.2. The van der Waals surface area contributed by atoms with E-state index in [0.717, 1.165) is 0 Å². The summed E-state index contributed by atoms with van der Waals surface area (Å²) < 4.78 is 109. The average Bonchev–Trinajstić information content (AvgIpc) is 1.77. The fourth-order valence-electron chi connectivity index (χ4n) is 10.8. The minimum absolute atomic E-state index is 0.0629. The Balaban J connectivity index is 1.54. The first kappa shape index (κ1) is 74.4. The first-order valence-electron chi connectivity index (χ1n) is 29.2. The fraction of sp³-hybridized carbons (Fsp3) is 1.00. The van der Waals surface area contributed by atoms with Gasteiger partial charge in [-0.3, -0.25) is 0 Å². The third-order valence-corrected chi connectivity index (χ3v) is 14.5. The molecule has 5 aliphatic rings. The molecule has 5 aliphatic heterocycles. The van der Waals surface area contributed by atoms with Crippen molar-refractivity contribution in [3.05, 3.63) is 0 Å². The Morgan fingerprint density at radius 2 is 0.635 bits per heavy atom. The van der Waals surface area contributed by atoms with E-state index in [4.69, 9.17) is 85.3 Å². The summed E-state index contributed by atoms with van der Waals surface area (Å²) in [6, 6.07) is 0. The number of aliphatic hydroxyl groups excluding tert-OH is 14. The van der Waals surface area contributed by atoms with Gasteiger partial charge in [0.15, 0.2) is 31.5 Å². The van der Waals surface area contributed by atoms with Gasteiger partial charge in [0.25, 0.3) is 0 Å². The van der Waals surface area contributed by atoms with Crippen molar-refractivity contribution in [3.63, 3.8) is 0 Å². The molecule has 0 spiro atoms. The van der Waals surface area contributed by atoms with E-state index < -0.39 is 218 Å². The summed E-state index contributed by atoms with van der Waals surface area (Å²) >= 11 is 0. The molecular formula is C53H98O32. The average molecular weight is 1250 g/mol. The van der Waals surface area contributed by atoms with E-state index in [-0.39, 0.29) is 78.6 Å². The highest BCUT2D eigenvalue weighted by molar-refractivity contribution is 5.00. The van der Waals surface area contributed by atoms with Gasteiger partial charge in [-0.2, -0.15) is 0 Å². The Morgan fingerprint density at radius 1 is 0.306 bits per heavy atom. The molecule has 32 nitrogen and oxygen atoms in total. The van der Waals surface area contributed by atoms with E-state index in [1.807, 2.05) is 13.8 Å². The zero-order valence-corrected chi connectivity index (χ0v) is 49.2. The standard InChI is InChI=1S/C53H98O32/c1-26(2)34-30(22-68-14-7-54)79-52(45(35(34)62)71-17-10-57)84-42-29(21-61)78-53(48(39(42)66)74-20-13-60)85-43-33(25-75-41-31(23-69-15-8-55)81-50(76-27(3)4)46(38(41)65)72-18-11-58)80-49(37(64)36(43)63)83-44-32(24-70-16-9-56)82-51(77-28(5)6)47(40(44)67)73-19-12-59/h26-67H,7-25H2,1-6H3/t29?,30?,31?,32?,33?,34-,35+,36-,37?,38+,39+,40+,41+,42+,43+,44+,45?,46?,47?,48?,49+,50-,51-,52+,53+/m1/s1. The minimum Gasteiger partial charge on any atom is -0.394 e. The van der Waals surface area contributed by atoms with E-state index >= 15 is 0 Å². The molecule has 0 saturated carbocycles. The molecule has 0 radical (unpaired) electrons. The molecule has 0 aliphatic carbocycles. The van der Waals surface area contributed by atoms with Crippen LogP contribution in [0.4, 0.5) is 0 Å². The highest BCUT2D eigenvalue weighted by Crippen LogP contribution is 2.39. The Labute approximate surface area is 494 Å². The number of rotatable bonds is 39. The summed E-state index contributed by atoms with van der Waals surface area (Å²) in [5.41, 5.74) is 0. The maximum atomic E-state index is 12.3. The van der Waals surface area contributed by atoms with Crippen LogP contribution in [0.2, 0.25) is 0 Å². The molecule has 0 bridgehead atoms. The lowest BCUT2D eigenvalue weighted by molar-refractivity contribution is -0.395. The first-order chi connectivity index (χ1) is 40.8. The van der Waals surface area contributed by atoms with E-state index in [9.17, 15) is 71.5 Å². The highest BCUT2D eigenvalue weighted by atomic mass is 16.8. The van der Waals surface area contributed by atoms with Gasteiger partial charge >= 0.3 is 0 Å². The van der Waals surface area contributed by atoms with Crippen molar-refractivity contribution in [2.45, 2.75) is 201 Å². The van der Waals surface area contributed by atoms with Crippen LogP contribution >= 0.6 is 0 Å². The van der Waals surface area contributed by atoms with Crippen LogP contribution in [0.5, 0.6) is 0 Å². The monoisotopic (exact) mass is 1250 g/mol. The van der Waals surface area contributed by atoms with Gasteiger partial charge in [-0.25, -0.2) is 0 Å². The van der Waals surface area contributed by atoms with E-state index in [0.29, 0.717) is 0 Å². The molecule has 0 aromatic heterocycles. The second kappa shape index (κ2) is 38.5. The van der Waals surface area contributed by atoms with Gasteiger partial charge in [-0.1, -0.05) is 13.8 Å². The van der Waals surface area contributed by atoms with Gasteiger partial charge in [0.2, 0.25) is 0 Å². The van der Waals surface area contributed by atoms with Crippen molar-refractivity contribution in [1.82, 2.24) is 0 Å². The van der Waals surface area contributed by atoms with Crippen molar-refractivity contribution >= 4 is 0 Å². The molecular weight excluding hydrogens is 1150 g/mol. The van der Waals surface area contributed by atoms with Gasteiger partial charge in [0.1, 0.15) is 104 Å². The summed E-state index contributed by atoms with van der Waals surface area (Å²) in [7, 11) is 0. The van der Waals surface area contributed by atoms with Gasteiger partial charge in [0, 0.05) is 5.92 Å². The normalized spacial score (nSPS) is 39.4. The fourth-order valence-corrected chi connectivity index (χ4v) is 10.8. The van der Waals surface area contributed by atoms with Crippen LogP contribution in [-0.2, 0) is 85.3 Å². The van der Waals surface area contributed by atoms with Crippen LogP contribution in [0.1, 0.15) is 41.5 Å². The third kappa shape index (κ3) is 20.9. The minimum atomic E-state index is -2.12. The SMILES string of the molecule is CC(C)O[C@@H]1OC(COCCO)[C@H](OCC2O[C@@H](O[C@H]3C(COCCO)O[C@@H](OC(C)C)C(OCCO)[C@H]3O)C(O)[C@@H](O)[C@H]2O[C@@H]2OC(CO)[C@H](O[C@@H]3OC(COCCO)[C@@H](C(C)C)[C@H](O)C3OCCO)[C@H](O)C2OCCO)[C@H](O)C1OCCO. The Morgan fingerprint density at radius 3 is 1.06 bits per heavy atom. The maximum absolute atomic E-state index is 12.3. The van der Waals surface area contributed by atoms with Crippen molar-refractivity contribution in [3.8, 4) is 0 Å². The predicted molar refractivity (Wildman–Crippen MR) is 283 cm³/mol. The zero-order chi connectivity index (χ0) is 62.3. The van der Waals surface area contributed by atoms with Crippen molar-refractivity contribution in [2.24, 2.45) is 11.8 Å². The molecule has 5 fully saturated rings. The summed E-state index contributed by atoms with van der Waals surface area (Å²) in [6.07, 6.45) is -38.2. The van der Waals surface area contributed by atoms with Crippen LogP contribution in [-0.4, -0.2) is 357 Å². The second-order valence-corrected chi connectivity index (χ2v) is 21.8. The van der Waals surface area contributed by atoms with E-state index in [1.165, 1.54) is 0 Å². The van der Waals surface area contributed by atoms with Crippen LogP contribution < -0.4 is 0 Å². The smallest absolute Gasteiger partial charge is 0.187 e. The van der Waals surface area contributed by atoms with E-state index in [1.54, 1.807) is 27.7 Å². The van der Waals surface area contributed by atoms with Crippen molar-refractivity contribution < 1.29 is 157 Å². The molecule has 32 heteroatoms. The summed E-state index contributed by atoms with van der Waals surface area (Å²) in [6.45, 7) is 3.29. The maximum Gasteiger partial charge on any atom is 0.187 e. The van der Waals surface area contributed by atoms with Gasteiger partial charge in [-0.05, 0) is 33.6 Å². The molecule has 85 heavy (non-hydrogen) atoms. The summed E-state index contributed by atoms with van der Waals surface area (Å²) in [5.74, 6) is -0.862. The quantitative estimate of drug-likeness (QED) is 0.0254. The van der Waals surface area contributed by atoms with Crippen LogP contribution in [0.15, 0.2) is 0 Å². The van der Waals surface area contributed by atoms with Gasteiger partial charge in [-0.15, -0.1) is 0 Å². The Hall–Kier alpha value is -1.28. The molecule has 0 amide bonds. The molecule has 502 valence electrons. The molecule has 25 atom stereocenters. The lowest BCUT2D eigenvalue weighted by Gasteiger charge is -2.51. The Bertz CT molecular complexity index is 1740.